The van der Waals surface area contributed by atoms with Crippen molar-refractivity contribution in [3.8, 4) is 5.75 Å². The average Bonchev–Trinajstić information content (AvgIpc) is 2.95. The van der Waals surface area contributed by atoms with Crippen LogP contribution in [0.1, 0.15) is 21.7 Å². The van der Waals surface area contributed by atoms with E-state index in [2.05, 4.69) is 16.7 Å². The molecule has 0 spiro atoms. The van der Waals surface area contributed by atoms with Gasteiger partial charge >= 0.3 is 0 Å². The van der Waals surface area contributed by atoms with Crippen molar-refractivity contribution in [1.29, 1.82) is 0 Å². The van der Waals surface area contributed by atoms with Crippen molar-refractivity contribution in [3.63, 3.8) is 0 Å². The Kier molecular flexibility index (Phi) is 3.60. The van der Waals surface area contributed by atoms with Crippen LogP contribution < -0.4 is 15.4 Å². The van der Waals surface area contributed by atoms with Crippen molar-refractivity contribution >= 4 is 28.6 Å². The van der Waals surface area contributed by atoms with Gasteiger partial charge in [-0.15, -0.1) is 11.3 Å². The molecule has 0 aliphatic carbocycles. The number of hydrogen-bond acceptors (Lipinski definition) is 4. The molecule has 0 saturated heterocycles. The second-order valence-electron chi connectivity index (χ2n) is 4.67. The Bertz CT molecular complexity index is 637. The van der Waals surface area contributed by atoms with E-state index in [9.17, 15) is 4.79 Å². The number of aryl methyl sites for hydroxylation is 1. The number of anilines is 2. The molecule has 104 valence electrons. The molecule has 0 radical (unpaired) electrons. The second-order valence-corrected chi connectivity index (χ2v) is 5.59. The van der Waals surface area contributed by atoms with E-state index in [1.54, 1.807) is 13.2 Å². The highest BCUT2D eigenvalue weighted by atomic mass is 32.1. The Morgan fingerprint density at radius 2 is 2.30 bits per heavy atom. The highest BCUT2D eigenvalue weighted by molar-refractivity contribution is 7.12. The molecule has 0 atom stereocenters. The largest absolute Gasteiger partial charge is 0.495 e. The van der Waals surface area contributed by atoms with Crippen LogP contribution in [0.3, 0.4) is 0 Å². The molecular formula is C15H16N2O2S. The topological polar surface area (TPSA) is 50.4 Å². The fourth-order valence-electron chi connectivity index (χ4n) is 2.35. The third kappa shape index (κ3) is 2.49. The summed E-state index contributed by atoms with van der Waals surface area (Å²) in [6.07, 6.45) is 2.25. The van der Waals surface area contributed by atoms with Crippen molar-refractivity contribution in [1.82, 2.24) is 0 Å². The normalized spacial score (nSPS) is 13.2. The maximum Gasteiger partial charge on any atom is 0.269 e. The van der Waals surface area contributed by atoms with Crippen molar-refractivity contribution in [3.05, 3.63) is 40.1 Å². The standard InChI is InChI=1S/C15H16N2O2S/c1-19-13-6-8-20-14(13)15(18)17-11-5-4-10-3-2-7-16-12(10)9-11/h4-6,8-9,16H,2-3,7H2,1H3,(H,17,18). The molecule has 3 rings (SSSR count). The number of ether oxygens (including phenoxy) is 1. The summed E-state index contributed by atoms with van der Waals surface area (Å²) in [6, 6.07) is 7.81. The SMILES string of the molecule is COc1ccsc1C(=O)Nc1ccc2c(c1)NCCC2. The van der Waals surface area contributed by atoms with Crippen LogP contribution in [0, 0.1) is 0 Å². The number of methoxy groups -OCH3 is 1. The molecule has 2 N–H and O–H groups in total. The first kappa shape index (κ1) is 13.0. The minimum absolute atomic E-state index is 0.132. The van der Waals surface area contributed by atoms with Gasteiger partial charge in [0.1, 0.15) is 10.6 Å². The van der Waals surface area contributed by atoms with E-state index in [0.29, 0.717) is 10.6 Å². The molecule has 1 aliphatic rings. The van der Waals surface area contributed by atoms with Crippen molar-refractivity contribution in [2.45, 2.75) is 12.8 Å². The van der Waals surface area contributed by atoms with Crippen LogP contribution in [-0.2, 0) is 6.42 Å². The smallest absolute Gasteiger partial charge is 0.269 e. The summed E-state index contributed by atoms with van der Waals surface area (Å²) < 4.78 is 5.17. The van der Waals surface area contributed by atoms with Gasteiger partial charge in [-0.05, 0) is 42.0 Å². The monoisotopic (exact) mass is 288 g/mol. The first-order valence-electron chi connectivity index (χ1n) is 6.57. The Labute approximate surface area is 121 Å². The lowest BCUT2D eigenvalue weighted by atomic mass is 10.0. The summed E-state index contributed by atoms with van der Waals surface area (Å²) in [5.41, 5.74) is 3.23. The van der Waals surface area contributed by atoms with Gasteiger partial charge in [0.05, 0.1) is 7.11 Å². The van der Waals surface area contributed by atoms with E-state index in [4.69, 9.17) is 4.74 Å². The lowest BCUT2D eigenvalue weighted by Crippen LogP contribution is -2.14. The first-order valence-corrected chi connectivity index (χ1v) is 7.45. The minimum Gasteiger partial charge on any atom is -0.495 e. The van der Waals surface area contributed by atoms with Gasteiger partial charge in [-0.25, -0.2) is 0 Å². The zero-order valence-electron chi connectivity index (χ0n) is 11.2. The van der Waals surface area contributed by atoms with Crippen LogP contribution in [-0.4, -0.2) is 19.6 Å². The molecule has 1 aromatic heterocycles. The zero-order valence-corrected chi connectivity index (χ0v) is 12.0. The third-order valence-electron chi connectivity index (χ3n) is 3.36. The maximum atomic E-state index is 12.2. The number of fused-ring (bicyclic) bond motifs is 1. The molecule has 1 amide bonds. The Morgan fingerprint density at radius 1 is 1.40 bits per heavy atom. The third-order valence-corrected chi connectivity index (χ3v) is 4.26. The highest BCUT2D eigenvalue weighted by Gasteiger charge is 2.15. The molecular weight excluding hydrogens is 272 g/mol. The number of amides is 1. The number of nitrogens with one attached hydrogen (secondary N) is 2. The fourth-order valence-corrected chi connectivity index (χ4v) is 3.10. The first-order chi connectivity index (χ1) is 9.78. The number of thiophene rings is 1. The summed E-state index contributed by atoms with van der Waals surface area (Å²) in [5, 5.41) is 8.13. The summed E-state index contributed by atoms with van der Waals surface area (Å²) in [4.78, 5) is 12.8. The van der Waals surface area contributed by atoms with E-state index >= 15 is 0 Å². The second kappa shape index (κ2) is 5.54. The van der Waals surface area contributed by atoms with Crippen LogP contribution in [0.25, 0.3) is 0 Å². The Balaban J connectivity index is 1.79. The van der Waals surface area contributed by atoms with Crippen LogP contribution in [0.5, 0.6) is 5.75 Å². The Hall–Kier alpha value is -2.01. The van der Waals surface area contributed by atoms with Gasteiger partial charge in [0.25, 0.3) is 5.91 Å². The molecule has 2 aromatic rings. The van der Waals surface area contributed by atoms with Gasteiger partial charge in [-0.2, -0.15) is 0 Å². The maximum absolute atomic E-state index is 12.2. The van der Waals surface area contributed by atoms with E-state index in [-0.39, 0.29) is 5.91 Å². The van der Waals surface area contributed by atoms with Gasteiger partial charge in [0, 0.05) is 17.9 Å². The van der Waals surface area contributed by atoms with Gasteiger partial charge in [0.15, 0.2) is 0 Å². The van der Waals surface area contributed by atoms with Gasteiger partial charge in [-0.3, -0.25) is 4.79 Å². The van der Waals surface area contributed by atoms with E-state index in [1.807, 2.05) is 17.5 Å². The number of benzene rings is 1. The fraction of sp³-hybridized carbons (Fsp3) is 0.267. The summed E-state index contributed by atoms with van der Waals surface area (Å²) in [6.45, 7) is 0.989. The van der Waals surface area contributed by atoms with Crippen molar-refractivity contribution < 1.29 is 9.53 Å². The molecule has 0 unspecified atom stereocenters. The van der Waals surface area contributed by atoms with Crippen molar-refractivity contribution in [2.24, 2.45) is 0 Å². The predicted molar refractivity (Wildman–Crippen MR) is 82.1 cm³/mol. The van der Waals surface area contributed by atoms with E-state index in [0.717, 1.165) is 30.8 Å². The molecule has 1 aromatic carbocycles. The molecule has 4 nitrogen and oxygen atoms in total. The average molecular weight is 288 g/mol. The zero-order chi connectivity index (χ0) is 13.9. The number of rotatable bonds is 3. The predicted octanol–water partition coefficient (Wildman–Crippen LogP) is 3.37. The molecule has 0 fully saturated rings. The lowest BCUT2D eigenvalue weighted by molar-refractivity contribution is 0.102. The van der Waals surface area contributed by atoms with Crippen LogP contribution in [0.15, 0.2) is 29.6 Å². The van der Waals surface area contributed by atoms with Gasteiger partial charge in [0.2, 0.25) is 0 Å². The highest BCUT2D eigenvalue weighted by Crippen LogP contribution is 2.28. The van der Waals surface area contributed by atoms with Crippen LogP contribution in [0.2, 0.25) is 0 Å². The summed E-state index contributed by atoms with van der Waals surface area (Å²) >= 11 is 1.38. The molecule has 20 heavy (non-hydrogen) atoms. The van der Waals surface area contributed by atoms with Gasteiger partial charge < -0.3 is 15.4 Å². The van der Waals surface area contributed by atoms with E-state index < -0.39 is 0 Å². The Morgan fingerprint density at radius 3 is 3.15 bits per heavy atom. The minimum atomic E-state index is -0.132. The summed E-state index contributed by atoms with van der Waals surface area (Å²) in [7, 11) is 1.57. The molecule has 0 bridgehead atoms. The van der Waals surface area contributed by atoms with Crippen molar-refractivity contribution in [2.75, 3.05) is 24.3 Å². The summed E-state index contributed by atoms with van der Waals surface area (Å²) in [5.74, 6) is 0.483. The van der Waals surface area contributed by atoms with Gasteiger partial charge in [-0.1, -0.05) is 6.07 Å². The van der Waals surface area contributed by atoms with Crippen LogP contribution in [0.4, 0.5) is 11.4 Å². The molecule has 5 heteroatoms. The molecule has 1 aliphatic heterocycles. The number of hydrogen-bond donors (Lipinski definition) is 2. The molecule has 2 heterocycles. The van der Waals surface area contributed by atoms with E-state index in [1.165, 1.54) is 16.9 Å². The number of carbonyl (C=O) groups excluding carboxylic acids is 1. The van der Waals surface area contributed by atoms with Crippen LogP contribution >= 0.6 is 11.3 Å². The number of carbonyl (C=O) groups is 1. The lowest BCUT2D eigenvalue weighted by Gasteiger charge is -2.18. The molecule has 0 saturated carbocycles. The quantitative estimate of drug-likeness (QED) is 0.910.